The molecule has 21 heavy (non-hydrogen) atoms. The molecule has 1 atom stereocenters. The average Bonchev–Trinajstić information content (AvgIpc) is 2.33. The molecule has 1 rings (SSSR count). The van der Waals surface area contributed by atoms with Crippen molar-refractivity contribution in [1.29, 1.82) is 0 Å². The molecule has 0 bridgehead atoms. The standard InChI is InChI=1S/C14H21N3O4/c1-14(2,3)21-13(20)10-7-5-4-6-9(10)8-11(12(18)19)17(15)16/h4-7,11H,8,15-16H2,1-3H3,(H,18,19). The summed E-state index contributed by atoms with van der Waals surface area (Å²) < 4.78 is 5.30. The summed E-state index contributed by atoms with van der Waals surface area (Å²) in [6, 6.07) is 5.49. The Morgan fingerprint density at radius 1 is 1.29 bits per heavy atom. The van der Waals surface area contributed by atoms with E-state index in [1.165, 1.54) is 0 Å². The number of hydrogen-bond donors (Lipinski definition) is 3. The third kappa shape index (κ3) is 5.14. The van der Waals surface area contributed by atoms with Crippen LogP contribution >= 0.6 is 0 Å². The van der Waals surface area contributed by atoms with E-state index in [2.05, 4.69) is 0 Å². The number of carbonyl (C=O) groups excluding carboxylic acids is 1. The lowest BCUT2D eigenvalue weighted by molar-refractivity contribution is -0.143. The van der Waals surface area contributed by atoms with Gasteiger partial charge in [0.2, 0.25) is 0 Å². The first-order valence-corrected chi connectivity index (χ1v) is 6.44. The predicted octanol–water partition coefficient (Wildman–Crippen LogP) is 0.687. The monoisotopic (exact) mass is 295 g/mol. The molecule has 0 saturated carbocycles. The molecule has 7 nitrogen and oxygen atoms in total. The average molecular weight is 295 g/mol. The van der Waals surface area contributed by atoms with Gasteiger partial charge in [-0.3, -0.25) is 16.5 Å². The normalized spacial score (nSPS) is 13.0. The van der Waals surface area contributed by atoms with Crippen molar-refractivity contribution in [2.45, 2.75) is 38.8 Å². The lowest BCUT2D eigenvalue weighted by Crippen LogP contribution is -2.51. The van der Waals surface area contributed by atoms with Crippen LogP contribution in [-0.2, 0) is 16.0 Å². The van der Waals surface area contributed by atoms with Gasteiger partial charge in [-0.15, -0.1) is 0 Å². The second-order valence-electron chi connectivity index (χ2n) is 5.66. The molecule has 1 unspecified atom stereocenters. The number of carboxylic acids is 1. The zero-order valence-corrected chi connectivity index (χ0v) is 12.4. The maximum absolute atomic E-state index is 12.2. The molecule has 0 heterocycles. The molecule has 1 aromatic carbocycles. The van der Waals surface area contributed by atoms with Crippen LogP contribution in [0.5, 0.6) is 0 Å². The number of rotatable bonds is 5. The highest BCUT2D eigenvalue weighted by Crippen LogP contribution is 2.17. The fourth-order valence-corrected chi connectivity index (χ4v) is 1.76. The van der Waals surface area contributed by atoms with Crippen LogP contribution in [0.25, 0.3) is 0 Å². The molecule has 7 heteroatoms. The van der Waals surface area contributed by atoms with Crippen LogP contribution < -0.4 is 11.7 Å². The second kappa shape index (κ2) is 6.66. The van der Waals surface area contributed by atoms with E-state index in [9.17, 15) is 9.59 Å². The Morgan fingerprint density at radius 2 is 1.86 bits per heavy atom. The number of carboxylic acid groups (broad SMARTS) is 1. The number of esters is 1. The number of ether oxygens (including phenoxy) is 1. The van der Waals surface area contributed by atoms with Crippen molar-refractivity contribution in [3.8, 4) is 0 Å². The van der Waals surface area contributed by atoms with Gasteiger partial charge in [0.05, 0.1) is 5.56 Å². The Labute approximate surface area is 123 Å². The minimum atomic E-state index is -1.17. The smallest absolute Gasteiger partial charge is 0.338 e. The van der Waals surface area contributed by atoms with Gasteiger partial charge in [-0.25, -0.2) is 4.79 Å². The molecule has 0 aliphatic rings. The van der Waals surface area contributed by atoms with Crippen LogP contribution in [0.3, 0.4) is 0 Å². The molecule has 0 amide bonds. The molecule has 1 aromatic rings. The lowest BCUT2D eigenvalue weighted by atomic mass is 10.00. The first kappa shape index (κ1) is 17.1. The van der Waals surface area contributed by atoms with E-state index in [0.717, 1.165) is 0 Å². The maximum Gasteiger partial charge on any atom is 0.338 e. The summed E-state index contributed by atoms with van der Waals surface area (Å²) in [6.07, 6.45) is -0.00223. The van der Waals surface area contributed by atoms with Gasteiger partial charge >= 0.3 is 11.9 Å². The van der Waals surface area contributed by atoms with Crippen LogP contribution in [0.15, 0.2) is 24.3 Å². The van der Waals surface area contributed by atoms with Crippen molar-refractivity contribution < 1.29 is 19.4 Å². The number of hydrazine groups is 2. The van der Waals surface area contributed by atoms with Gasteiger partial charge in [0, 0.05) is 6.42 Å². The first-order valence-electron chi connectivity index (χ1n) is 6.44. The fraction of sp³-hybridized carbons (Fsp3) is 0.429. The van der Waals surface area contributed by atoms with Crippen LogP contribution in [-0.4, -0.2) is 33.8 Å². The molecule has 0 aliphatic heterocycles. The zero-order chi connectivity index (χ0) is 16.2. The number of carbonyl (C=O) groups is 2. The van der Waals surface area contributed by atoms with E-state index in [4.69, 9.17) is 21.5 Å². The Balaban J connectivity index is 3.04. The minimum Gasteiger partial charge on any atom is -0.480 e. The van der Waals surface area contributed by atoms with Gasteiger partial charge < -0.3 is 9.84 Å². The van der Waals surface area contributed by atoms with Gasteiger partial charge in [-0.1, -0.05) is 18.2 Å². The number of nitrogens with two attached hydrogens (primary N) is 2. The van der Waals surface area contributed by atoms with Gasteiger partial charge in [0.15, 0.2) is 0 Å². The molecular weight excluding hydrogens is 274 g/mol. The van der Waals surface area contributed by atoms with Gasteiger partial charge in [0.1, 0.15) is 11.6 Å². The van der Waals surface area contributed by atoms with E-state index in [1.54, 1.807) is 45.0 Å². The number of hydrogen-bond acceptors (Lipinski definition) is 6. The summed E-state index contributed by atoms with van der Waals surface area (Å²) in [6.45, 7) is 5.28. The summed E-state index contributed by atoms with van der Waals surface area (Å²) in [5.41, 5.74) is 0.185. The number of aliphatic carboxylic acids is 1. The SMILES string of the molecule is CC(C)(C)OC(=O)c1ccccc1CC(C(=O)O)N(N)N. The van der Waals surface area contributed by atoms with Crippen molar-refractivity contribution in [3.63, 3.8) is 0 Å². The van der Waals surface area contributed by atoms with Crippen LogP contribution in [0.2, 0.25) is 0 Å². The molecule has 0 aliphatic carbocycles. The molecule has 0 radical (unpaired) electrons. The van der Waals surface area contributed by atoms with Gasteiger partial charge in [-0.2, -0.15) is 5.12 Å². The maximum atomic E-state index is 12.2. The first-order chi connectivity index (χ1) is 9.61. The Hall–Kier alpha value is -1.96. The fourth-order valence-electron chi connectivity index (χ4n) is 1.76. The van der Waals surface area contributed by atoms with Crippen LogP contribution in [0.1, 0.15) is 36.7 Å². The predicted molar refractivity (Wildman–Crippen MR) is 77.0 cm³/mol. The zero-order valence-electron chi connectivity index (χ0n) is 12.4. The lowest BCUT2D eigenvalue weighted by Gasteiger charge is -2.22. The second-order valence-corrected chi connectivity index (χ2v) is 5.66. The summed E-state index contributed by atoms with van der Waals surface area (Å²) in [5.74, 6) is 8.98. The van der Waals surface area contributed by atoms with Crippen LogP contribution in [0.4, 0.5) is 0 Å². The molecule has 0 aromatic heterocycles. The van der Waals surface area contributed by atoms with Crippen molar-refractivity contribution in [2.75, 3.05) is 0 Å². The van der Waals surface area contributed by atoms with Crippen molar-refractivity contribution in [2.24, 2.45) is 11.7 Å². The Bertz CT molecular complexity index is 523. The molecule has 0 saturated heterocycles. The van der Waals surface area contributed by atoms with Gasteiger partial charge in [-0.05, 0) is 32.4 Å². The summed E-state index contributed by atoms with van der Waals surface area (Å²) in [5, 5.41) is 9.72. The van der Waals surface area contributed by atoms with E-state index in [-0.39, 0.29) is 6.42 Å². The topological polar surface area (TPSA) is 119 Å². The molecule has 0 spiro atoms. The van der Waals surface area contributed by atoms with E-state index in [1.807, 2.05) is 0 Å². The van der Waals surface area contributed by atoms with Gasteiger partial charge in [0.25, 0.3) is 0 Å². The number of nitrogens with zero attached hydrogens (tertiary/aromatic N) is 1. The summed E-state index contributed by atoms with van der Waals surface area (Å²) >= 11 is 0. The minimum absolute atomic E-state index is 0.00223. The van der Waals surface area contributed by atoms with Crippen LogP contribution in [0, 0.1) is 0 Å². The van der Waals surface area contributed by atoms with Crippen molar-refractivity contribution in [1.82, 2.24) is 5.12 Å². The third-order valence-electron chi connectivity index (χ3n) is 2.69. The van der Waals surface area contributed by atoms with E-state index >= 15 is 0 Å². The largest absolute Gasteiger partial charge is 0.480 e. The number of benzene rings is 1. The Morgan fingerprint density at radius 3 is 2.33 bits per heavy atom. The van der Waals surface area contributed by atoms with Crippen molar-refractivity contribution in [3.05, 3.63) is 35.4 Å². The van der Waals surface area contributed by atoms with E-state index < -0.39 is 23.6 Å². The molecule has 5 N–H and O–H groups in total. The third-order valence-corrected chi connectivity index (χ3v) is 2.69. The highest BCUT2D eigenvalue weighted by molar-refractivity contribution is 5.91. The highest BCUT2D eigenvalue weighted by atomic mass is 16.6. The highest BCUT2D eigenvalue weighted by Gasteiger charge is 2.26. The molecule has 0 fully saturated rings. The Kier molecular flexibility index (Phi) is 5.42. The quantitative estimate of drug-likeness (QED) is 0.415. The molecule has 116 valence electrons. The van der Waals surface area contributed by atoms with E-state index in [0.29, 0.717) is 16.2 Å². The van der Waals surface area contributed by atoms with Crippen molar-refractivity contribution >= 4 is 11.9 Å². The summed E-state index contributed by atoms with van der Waals surface area (Å²) in [4.78, 5) is 23.3. The summed E-state index contributed by atoms with van der Waals surface area (Å²) in [7, 11) is 0. The molecular formula is C14H21N3O4.